The SMILES string of the molecule is COc1ccc2c(c1)CN(C(=O)C(=O)CCCSSCCNC(=O)c1ccc(C)cc1O)CCS2. The number of methoxy groups -OCH3 is 1. The van der Waals surface area contributed by atoms with Crippen molar-refractivity contribution in [1.29, 1.82) is 0 Å². The highest BCUT2D eigenvalue weighted by Gasteiger charge is 2.24. The summed E-state index contributed by atoms with van der Waals surface area (Å²) in [5, 5.41) is 12.7. The Kier molecular flexibility index (Phi) is 10.7. The second kappa shape index (κ2) is 13.7. The van der Waals surface area contributed by atoms with E-state index in [9.17, 15) is 19.5 Å². The summed E-state index contributed by atoms with van der Waals surface area (Å²) in [5.74, 6) is 1.85. The number of carbonyl (C=O) groups is 3. The fourth-order valence-corrected chi connectivity index (χ4v) is 6.50. The van der Waals surface area contributed by atoms with Crippen LogP contribution in [0.15, 0.2) is 41.3 Å². The van der Waals surface area contributed by atoms with E-state index >= 15 is 0 Å². The summed E-state index contributed by atoms with van der Waals surface area (Å²) in [5.41, 5.74) is 2.16. The molecule has 1 aliphatic heterocycles. The zero-order valence-corrected chi connectivity index (χ0v) is 22.3. The van der Waals surface area contributed by atoms with E-state index in [1.54, 1.807) is 63.6 Å². The minimum atomic E-state index is -0.416. The van der Waals surface area contributed by atoms with Crippen LogP contribution < -0.4 is 10.1 Å². The molecular formula is C25H30N2O5S3. The van der Waals surface area contributed by atoms with Gasteiger partial charge in [0, 0.05) is 48.2 Å². The number of amides is 2. The van der Waals surface area contributed by atoms with Crippen LogP contribution in [0.3, 0.4) is 0 Å². The Morgan fingerprint density at radius 2 is 1.94 bits per heavy atom. The molecule has 0 atom stereocenters. The van der Waals surface area contributed by atoms with Gasteiger partial charge < -0.3 is 20.1 Å². The van der Waals surface area contributed by atoms with Crippen LogP contribution in [0.1, 0.15) is 34.3 Å². The van der Waals surface area contributed by atoms with Gasteiger partial charge in [0.1, 0.15) is 11.5 Å². The summed E-state index contributed by atoms with van der Waals surface area (Å²) in [6.07, 6.45) is 0.850. The van der Waals surface area contributed by atoms with Crippen molar-refractivity contribution in [2.75, 3.05) is 37.5 Å². The number of phenolic OH excluding ortho intramolecular Hbond substituents is 1. The Labute approximate surface area is 218 Å². The number of benzene rings is 2. The molecule has 1 aliphatic rings. The van der Waals surface area contributed by atoms with Crippen LogP contribution in [0.2, 0.25) is 0 Å². The molecule has 10 heteroatoms. The van der Waals surface area contributed by atoms with E-state index in [2.05, 4.69) is 5.32 Å². The first-order valence-electron chi connectivity index (χ1n) is 11.3. The predicted octanol–water partition coefficient (Wildman–Crippen LogP) is 4.30. The van der Waals surface area contributed by atoms with Gasteiger partial charge in [-0.15, -0.1) is 11.8 Å². The molecule has 0 bridgehead atoms. The number of Topliss-reactive ketones (excluding diaryl/α,β-unsaturated/α-hetero) is 1. The number of aromatic hydroxyl groups is 1. The smallest absolute Gasteiger partial charge is 0.290 e. The van der Waals surface area contributed by atoms with Crippen LogP contribution in [0.5, 0.6) is 11.5 Å². The van der Waals surface area contributed by atoms with E-state index in [0.29, 0.717) is 31.8 Å². The van der Waals surface area contributed by atoms with Gasteiger partial charge in [-0.2, -0.15) is 0 Å². The van der Waals surface area contributed by atoms with Crippen LogP contribution in [0.25, 0.3) is 0 Å². The first-order chi connectivity index (χ1) is 16.9. The van der Waals surface area contributed by atoms with Gasteiger partial charge in [-0.25, -0.2) is 0 Å². The molecule has 35 heavy (non-hydrogen) atoms. The minimum absolute atomic E-state index is 0.0217. The largest absolute Gasteiger partial charge is 0.507 e. The second-order valence-corrected chi connectivity index (χ2v) is 11.8. The van der Waals surface area contributed by atoms with Crippen LogP contribution in [0, 0.1) is 6.92 Å². The molecule has 0 aliphatic carbocycles. The molecule has 2 N–H and O–H groups in total. The Balaban J connectivity index is 1.31. The maximum atomic E-state index is 12.7. The highest BCUT2D eigenvalue weighted by atomic mass is 33.1. The summed E-state index contributed by atoms with van der Waals surface area (Å²) in [6.45, 7) is 3.29. The normalized spacial score (nSPS) is 13.0. The molecule has 2 amide bonds. The molecule has 2 aromatic carbocycles. The summed E-state index contributed by atoms with van der Waals surface area (Å²) < 4.78 is 5.29. The van der Waals surface area contributed by atoms with Crippen molar-refractivity contribution < 1.29 is 24.2 Å². The van der Waals surface area contributed by atoms with Crippen molar-refractivity contribution in [1.82, 2.24) is 10.2 Å². The second-order valence-electron chi connectivity index (χ2n) is 8.00. The van der Waals surface area contributed by atoms with E-state index in [4.69, 9.17) is 4.74 Å². The van der Waals surface area contributed by atoms with E-state index in [0.717, 1.165) is 33.3 Å². The van der Waals surface area contributed by atoms with Gasteiger partial charge in [-0.05, 0) is 54.8 Å². The predicted molar refractivity (Wildman–Crippen MR) is 143 cm³/mol. The highest BCUT2D eigenvalue weighted by Crippen LogP contribution is 2.30. The molecule has 0 radical (unpaired) electrons. The van der Waals surface area contributed by atoms with Crippen molar-refractivity contribution in [2.45, 2.75) is 31.2 Å². The van der Waals surface area contributed by atoms with Crippen LogP contribution in [-0.4, -0.2) is 65.1 Å². The highest BCUT2D eigenvalue weighted by molar-refractivity contribution is 8.76. The Morgan fingerprint density at radius 1 is 1.14 bits per heavy atom. The quantitative estimate of drug-likeness (QED) is 0.250. The van der Waals surface area contributed by atoms with Gasteiger partial charge in [0.2, 0.25) is 5.78 Å². The van der Waals surface area contributed by atoms with Crippen molar-refractivity contribution >= 4 is 50.9 Å². The molecule has 188 valence electrons. The van der Waals surface area contributed by atoms with E-state index in [-0.39, 0.29) is 29.4 Å². The standard InChI is InChI=1S/C25H30N2O5S3/c1-17-5-7-20(22(29)14-17)24(30)26-9-12-35-34-11-3-4-21(28)25(31)27-10-13-33-23-8-6-19(32-2)15-18(23)16-27/h5-8,14-15,29H,3-4,9-13,16H2,1-2H3,(H,26,30). The molecule has 0 aromatic heterocycles. The third kappa shape index (κ3) is 8.12. The van der Waals surface area contributed by atoms with Gasteiger partial charge in [0.25, 0.3) is 11.8 Å². The van der Waals surface area contributed by atoms with Crippen LogP contribution in [0.4, 0.5) is 0 Å². The molecule has 0 saturated heterocycles. The first kappa shape index (κ1) is 27.3. The van der Waals surface area contributed by atoms with Crippen LogP contribution >= 0.6 is 33.3 Å². The molecule has 0 saturated carbocycles. The van der Waals surface area contributed by atoms with Gasteiger partial charge >= 0.3 is 0 Å². The zero-order chi connectivity index (χ0) is 25.2. The molecule has 7 nitrogen and oxygen atoms in total. The number of carbonyl (C=O) groups excluding carboxylic acids is 3. The average molecular weight is 535 g/mol. The number of aryl methyl sites for hydroxylation is 1. The van der Waals surface area contributed by atoms with Gasteiger partial charge in [0.15, 0.2) is 0 Å². The van der Waals surface area contributed by atoms with E-state index in [1.807, 2.05) is 25.1 Å². The number of phenols is 1. The average Bonchev–Trinajstić information content (AvgIpc) is 3.06. The van der Waals surface area contributed by atoms with Crippen LogP contribution in [-0.2, 0) is 16.1 Å². The molecule has 0 fully saturated rings. The number of ether oxygens (including phenoxy) is 1. The first-order valence-corrected chi connectivity index (χ1v) is 14.8. The minimum Gasteiger partial charge on any atom is -0.507 e. The van der Waals surface area contributed by atoms with Gasteiger partial charge in [-0.3, -0.25) is 14.4 Å². The number of ketones is 1. The molecule has 1 heterocycles. The number of thioether (sulfide) groups is 1. The molecular weight excluding hydrogens is 504 g/mol. The molecule has 3 rings (SSSR count). The van der Waals surface area contributed by atoms with Crippen molar-refractivity contribution in [3.05, 3.63) is 53.1 Å². The number of hydrogen-bond acceptors (Lipinski definition) is 8. The topological polar surface area (TPSA) is 95.9 Å². The van der Waals surface area contributed by atoms with Gasteiger partial charge in [0.05, 0.1) is 12.7 Å². The number of nitrogens with zero attached hydrogens (tertiary/aromatic N) is 1. The molecule has 0 spiro atoms. The third-order valence-corrected chi connectivity index (χ3v) is 8.95. The number of fused-ring (bicyclic) bond motifs is 1. The maximum absolute atomic E-state index is 12.7. The lowest BCUT2D eigenvalue weighted by Crippen LogP contribution is -2.37. The number of hydrogen-bond donors (Lipinski definition) is 2. The Morgan fingerprint density at radius 3 is 2.71 bits per heavy atom. The summed E-state index contributed by atoms with van der Waals surface area (Å²) in [7, 11) is 4.83. The fourth-order valence-electron chi connectivity index (χ4n) is 3.50. The summed E-state index contributed by atoms with van der Waals surface area (Å²) in [6, 6.07) is 10.8. The third-order valence-electron chi connectivity index (χ3n) is 5.36. The lowest BCUT2D eigenvalue weighted by Gasteiger charge is -2.20. The van der Waals surface area contributed by atoms with Crippen molar-refractivity contribution in [3.8, 4) is 11.5 Å². The number of rotatable bonds is 11. The lowest BCUT2D eigenvalue weighted by atomic mass is 10.1. The van der Waals surface area contributed by atoms with Crippen molar-refractivity contribution in [3.63, 3.8) is 0 Å². The van der Waals surface area contributed by atoms with E-state index < -0.39 is 5.91 Å². The summed E-state index contributed by atoms with van der Waals surface area (Å²) in [4.78, 5) is 40.1. The Bertz CT molecular complexity index is 1060. The maximum Gasteiger partial charge on any atom is 0.290 e. The van der Waals surface area contributed by atoms with Gasteiger partial charge in [-0.1, -0.05) is 27.7 Å². The van der Waals surface area contributed by atoms with E-state index in [1.165, 1.54) is 0 Å². The molecule has 2 aromatic rings. The van der Waals surface area contributed by atoms with Crippen molar-refractivity contribution in [2.24, 2.45) is 0 Å². The summed E-state index contributed by atoms with van der Waals surface area (Å²) >= 11 is 1.69. The fraction of sp³-hybridized carbons (Fsp3) is 0.400. The Hall–Kier alpha value is -2.30. The zero-order valence-electron chi connectivity index (χ0n) is 19.9. The monoisotopic (exact) mass is 534 g/mol. The lowest BCUT2D eigenvalue weighted by molar-refractivity contribution is -0.144. The molecule has 0 unspecified atom stereocenters. The number of nitrogens with one attached hydrogen (secondary N) is 1.